The second kappa shape index (κ2) is 5.60. The summed E-state index contributed by atoms with van der Waals surface area (Å²) in [6.45, 7) is 4.10. The third kappa shape index (κ3) is 2.58. The lowest BCUT2D eigenvalue weighted by Crippen LogP contribution is -2.05. The first-order valence-corrected chi connectivity index (χ1v) is 7.15. The van der Waals surface area contributed by atoms with Gasteiger partial charge in [-0.05, 0) is 43.2 Å². The van der Waals surface area contributed by atoms with Gasteiger partial charge in [-0.2, -0.15) is 0 Å². The fraction of sp³-hybridized carbons (Fsp3) is 0.158. The van der Waals surface area contributed by atoms with Gasteiger partial charge in [0.2, 0.25) is 0 Å². The number of carbonyl (C=O) groups excluding carboxylic acids is 1. The molecule has 0 radical (unpaired) electrons. The van der Waals surface area contributed by atoms with Crippen LogP contribution in [0.15, 0.2) is 48.5 Å². The molecule has 0 N–H and O–H groups in total. The van der Waals surface area contributed by atoms with Gasteiger partial charge in [0.1, 0.15) is 5.69 Å². The van der Waals surface area contributed by atoms with E-state index in [1.54, 1.807) is 6.07 Å². The number of aromatic nitrogens is 1. The van der Waals surface area contributed by atoms with Crippen molar-refractivity contribution < 1.29 is 9.53 Å². The van der Waals surface area contributed by atoms with Crippen LogP contribution in [0.1, 0.15) is 21.6 Å². The monoisotopic (exact) mass is 291 g/mol. The molecular weight excluding hydrogens is 274 g/mol. The Hall–Kier alpha value is -2.68. The number of carbonyl (C=O) groups is 1. The molecule has 1 aromatic heterocycles. The van der Waals surface area contributed by atoms with Crippen molar-refractivity contribution in [3.05, 3.63) is 65.4 Å². The summed E-state index contributed by atoms with van der Waals surface area (Å²) in [4.78, 5) is 16.3. The molecule has 3 aromatic rings. The Labute approximate surface area is 129 Å². The molecule has 0 aliphatic heterocycles. The van der Waals surface area contributed by atoms with E-state index in [-0.39, 0.29) is 0 Å². The van der Waals surface area contributed by atoms with Crippen molar-refractivity contribution in [1.29, 1.82) is 0 Å². The molecule has 110 valence electrons. The predicted molar refractivity (Wildman–Crippen MR) is 88.0 cm³/mol. The maximum Gasteiger partial charge on any atom is 0.356 e. The highest BCUT2D eigenvalue weighted by Crippen LogP contribution is 2.29. The minimum absolute atomic E-state index is 0.328. The average Bonchev–Trinajstić information content (AvgIpc) is 2.54. The minimum atomic E-state index is -0.421. The van der Waals surface area contributed by atoms with Gasteiger partial charge in [-0.15, -0.1) is 0 Å². The fourth-order valence-electron chi connectivity index (χ4n) is 2.52. The van der Waals surface area contributed by atoms with E-state index in [1.807, 2.05) is 19.1 Å². The van der Waals surface area contributed by atoms with Crippen molar-refractivity contribution in [2.45, 2.75) is 13.8 Å². The first-order chi connectivity index (χ1) is 10.6. The van der Waals surface area contributed by atoms with Gasteiger partial charge in [-0.1, -0.05) is 41.5 Å². The fourth-order valence-corrected chi connectivity index (χ4v) is 2.52. The SMILES string of the molecule is COC(=O)c1cc(-c2ccc(C)cc2)c2cc(C)ccc2n1. The van der Waals surface area contributed by atoms with Crippen LogP contribution >= 0.6 is 0 Å². The number of pyridine rings is 1. The van der Waals surface area contributed by atoms with Gasteiger partial charge in [0.15, 0.2) is 0 Å². The quantitative estimate of drug-likeness (QED) is 0.661. The number of ether oxygens (including phenoxy) is 1. The smallest absolute Gasteiger partial charge is 0.356 e. The van der Waals surface area contributed by atoms with Crippen LogP contribution in [0.2, 0.25) is 0 Å². The van der Waals surface area contributed by atoms with E-state index >= 15 is 0 Å². The summed E-state index contributed by atoms with van der Waals surface area (Å²) in [5, 5.41) is 1.04. The Morgan fingerprint density at radius 1 is 0.955 bits per heavy atom. The van der Waals surface area contributed by atoms with Crippen LogP contribution < -0.4 is 0 Å². The molecule has 0 spiro atoms. The summed E-state index contributed by atoms with van der Waals surface area (Å²) in [6.07, 6.45) is 0. The molecule has 3 rings (SSSR count). The van der Waals surface area contributed by atoms with E-state index in [1.165, 1.54) is 12.7 Å². The Balaban J connectivity index is 2.31. The summed E-state index contributed by atoms with van der Waals surface area (Å²) < 4.78 is 4.82. The molecule has 0 fully saturated rings. The maximum atomic E-state index is 11.9. The zero-order valence-corrected chi connectivity index (χ0v) is 12.9. The Morgan fingerprint density at radius 3 is 2.32 bits per heavy atom. The highest BCUT2D eigenvalue weighted by atomic mass is 16.5. The summed E-state index contributed by atoms with van der Waals surface area (Å²) >= 11 is 0. The zero-order chi connectivity index (χ0) is 15.7. The van der Waals surface area contributed by atoms with Crippen molar-refractivity contribution in [3.8, 4) is 11.1 Å². The van der Waals surface area contributed by atoms with Gasteiger partial charge in [0.25, 0.3) is 0 Å². The average molecular weight is 291 g/mol. The standard InChI is InChI=1S/C19H17NO2/c1-12-4-7-14(8-5-12)15-11-18(19(21)22-3)20-17-9-6-13(2)10-16(15)17/h4-11H,1-3H3. The highest BCUT2D eigenvalue weighted by molar-refractivity contribution is 5.99. The topological polar surface area (TPSA) is 39.2 Å². The third-order valence-corrected chi connectivity index (χ3v) is 3.72. The molecule has 0 saturated heterocycles. The second-order valence-electron chi connectivity index (χ2n) is 5.43. The number of esters is 1. The van der Waals surface area contributed by atoms with Gasteiger partial charge >= 0.3 is 5.97 Å². The number of methoxy groups -OCH3 is 1. The molecule has 0 atom stereocenters. The van der Waals surface area contributed by atoms with E-state index in [0.717, 1.165) is 27.6 Å². The number of aryl methyl sites for hydroxylation is 2. The highest BCUT2D eigenvalue weighted by Gasteiger charge is 2.13. The summed E-state index contributed by atoms with van der Waals surface area (Å²) in [5.74, 6) is -0.421. The second-order valence-corrected chi connectivity index (χ2v) is 5.43. The number of hydrogen-bond acceptors (Lipinski definition) is 3. The number of benzene rings is 2. The van der Waals surface area contributed by atoms with Gasteiger partial charge in [-0.3, -0.25) is 0 Å². The van der Waals surface area contributed by atoms with Crippen LogP contribution in [-0.2, 0) is 4.74 Å². The number of hydrogen-bond donors (Lipinski definition) is 0. The van der Waals surface area contributed by atoms with Crippen LogP contribution in [0.5, 0.6) is 0 Å². The van der Waals surface area contributed by atoms with Gasteiger partial charge < -0.3 is 4.74 Å². The molecule has 22 heavy (non-hydrogen) atoms. The largest absolute Gasteiger partial charge is 0.464 e. The molecule has 2 aromatic carbocycles. The van der Waals surface area contributed by atoms with Crippen molar-refractivity contribution in [2.24, 2.45) is 0 Å². The van der Waals surface area contributed by atoms with Crippen LogP contribution in [0.3, 0.4) is 0 Å². The maximum absolute atomic E-state index is 11.9. The lowest BCUT2D eigenvalue weighted by atomic mass is 9.98. The molecule has 3 nitrogen and oxygen atoms in total. The van der Waals surface area contributed by atoms with Gasteiger partial charge in [-0.25, -0.2) is 9.78 Å². The molecule has 3 heteroatoms. The normalized spacial score (nSPS) is 10.7. The zero-order valence-electron chi connectivity index (χ0n) is 12.9. The molecule has 0 bridgehead atoms. The van der Waals surface area contributed by atoms with E-state index in [0.29, 0.717) is 5.69 Å². The van der Waals surface area contributed by atoms with E-state index < -0.39 is 5.97 Å². The van der Waals surface area contributed by atoms with Crippen molar-refractivity contribution in [3.63, 3.8) is 0 Å². The molecule has 0 amide bonds. The molecule has 0 unspecified atom stereocenters. The molecule has 0 aliphatic carbocycles. The lowest BCUT2D eigenvalue weighted by molar-refractivity contribution is 0.0594. The number of rotatable bonds is 2. The van der Waals surface area contributed by atoms with Crippen LogP contribution in [0, 0.1) is 13.8 Å². The minimum Gasteiger partial charge on any atom is -0.464 e. The Kier molecular flexibility index (Phi) is 3.63. The lowest BCUT2D eigenvalue weighted by Gasteiger charge is -2.10. The molecule has 0 aliphatic rings. The Morgan fingerprint density at radius 2 is 1.64 bits per heavy atom. The molecule has 0 saturated carbocycles. The van der Waals surface area contributed by atoms with Gasteiger partial charge in [0, 0.05) is 5.39 Å². The third-order valence-electron chi connectivity index (χ3n) is 3.72. The van der Waals surface area contributed by atoms with Crippen LogP contribution in [0.4, 0.5) is 0 Å². The van der Waals surface area contributed by atoms with Crippen molar-refractivity contribution >= 4 is 16.9 Å². The van der Waals surface area contributed by atoms with Crippen molar-refractivity contribution in [2.75, 3.05) is 7.11 Å². The summed E-state index contributed by atoms with van der Waals surface area (Å²) in [5.41, 5.74) is 5.54. The first-order valence-electron chi connectivity index (χ1n) is 7.15. The van der Waals surface area contributed by atoms with Crippen LogP contribution in [0.25, 0.3) is 22.0 Å². The Bertz CT molecular complexity index is 851. The van der Waals surface area contributed by atoms with Crippen LogP contribution in [-0.4, -0.2) is 18.1 Å². The molecular formula is C19H17NO2. The predicted octanol–water partition coefficient (Wildman–Crippen LogP) is 4.31. The number of fused-ring (bicyclic) bond motifs is 1. The van der Waals surface area contributed by atoms with E-state index in [2.05, 4.69) is 42.2 Å². The summed E-state index contributed by atoms with van der Waals surface area (Å²) in [7, 11) is 1.37. The van der Waals surface area contributed by atoms with Gasteiger partial charge in [0.05, 0.1) is 12.6 Å². The van der Waals surface area contributed by atoms with E-state index in [4.69, 9.17) is 4.74 Å². The number of nitrogens with zero attached hydrogens (tertiary/aromatic N) is 1. The van der Waals surface area contributed by atoms with Crippen molar-refractivity contribution in [1.82, 2.24) is 4.98 Å². The van der Waals surface area contributed by atoms with E-state index in [9.17, 15) is 4.79 Å². The first kappa shape index (κ1) is 14.3. The summed E-state index contributed by atoms with van der Waals surface area (Å²) in [6, 6.07) is 16.1. The molecule has 1 heterocycles.